The summed E-state index contributed by atoms with van der Waals surface area (Å²) in [6.07, 6.45) is 2.72. The SMILES string of the molecule is CCCCCC(=O)N[C@@H](CC(=O)O)C(C)=O. The van der Waals surface area contributed by atoms with Gasteiger partial charge >= 0.3 is 5.97 Å². The lowest BCUT2D eigenvalue weighted by Crippen LogP contribution is -2.41. The Morgan fingerprint density at radius 2 is 1.88 bits per heavy atom. The highest BCUT2D eigenvalue weighted by Gasteiger charge is 2.19. The molecule has 0 bridgehead atoms. The minimum absolute atomic E-state index is 0.255. The number of rotatable bonds is 8. The fraction of sp³-hybridized carbons (Fsp3) is 0.727. The average Bonchev–Trinajstić information content (AvgIpc) is 2.16. The molecular weight excluding hydrogens is 210 g/mol. The van der Waals surface area contributed by atoms with Crippen LogP contribution in [0.4, 0.5) is 0 Å². The zero-order chi connectivity index (χ0) is 12.6. The van der Waals surface area contributed by atoms with Gasteiger partial charge in [-0.05, 0) is 13.3 Å². The van der Waals surface area contributed by atoms with Gasteiger partial charge in [0.05, 0.1) is 12.5 Å². The van der Waals surface area contributed by atoms with Gasteiger partial charge in [0.15, 0.2) is 5.78 Å². The van der Waals surface area contributed by atoms with E-state index in [1.807, 2.05) is 6.92 Å². The molecule has 0 saturated heterocycles. The molecule has 5 nitrogen and oxygen atoms in total. The van der Waals surface area contributed by atoms with Crippen LogP contribution in [0.2, 0.25) is 0 Å². The van der Waals surface area contributed by atoms with Crippen molar-refractivity contribution in [3.8, 4) is 0 Å². The molecule has 0 unspecified atom stereocenters. The second-order valence-electron chi connectivity index (χ2n) is 3.79. The molecular formula is C11H19NO4. The Bertz CT molecular complexity index is 263. The number of aliphatic carboxylic acids is 1. The third-order valence-corrected chi connectivity index (χ3v) is 2.21. The standard InChI is InChI=1S/C11H19NO4/c1-3-4-5-6-10(14)12-9(8(2)13)7-11(15)16/h9H,3-7H2,1-2H3,(H,12,14)(H,15,16)/t9-/m0/s1. The number of carbonyl (C=O) groups is 3. The van der Waals surface area contributed by atoms with E-state index in [-0.39, 0.29) is 18.1 Å². The first-order valence-corrected chi connectivity index (χ1v) is 5.49. The van der Waals surface area contributed by atoms with E-state index in [4.69, 9.17) is 5.11 Å². The average molecular weight is 229 g/mol. The lowest BCUT2D eigenvalue weighted by molar-refractivity contribution is -0.139. The second-order valence-corrected chi connectivity index (χ2v) is 3.79. The maximum atomic E-state index is 11.4. The molecule has 0 aromatic carbocycles. The first kappa shape index (κ1) is 14.6. The smallest absolute Gasteiger partial charge is 0.305 e. The second kappa shape index (κ2) is 7.84. The molecule has 0 heterocycles. The minimum atomic E-state index is -1.09. The summed E-state index contributed by atoms with van der Waals surface area (Å²) in [6, 6.07) is -0.897. The molecule has 92 valence electrons. The van der Waals surface area contributed by atoms with Gasteiger partial charge in [-0.2, -0.15) is 0 Å². The van der Waals surface area contributed by atoms with Crippen molar-refractivity contribution in [2.45, 2.75) is 52.0 Å². The van der Waals surface area contributed by atoms with Crippen LogP contribution in [-0.4, -0.2) is 28.8 Å². The summed E-state index contributed by atoms with van der Waals surface area (Å²) in [5, 5.41) is 11.0. The molecule has 0 saturated carbocycles. The number of carbonyl (C=O) groups excluding carboxylic acids is 2. The van der Waals surface area contributed by atoms with Crippen LogP contribution in [0, 0.1) is 0 Å². The molecule has 16 heavy (non-hydrogen) atoms. The molecule has 2 N–H and O–H groups in total. The van der Waals surface area contributed by atoms with Gasteiger partial charge in [0.2, 0.25) is 5.91 Å². The molecule has 0 spiro atoms. The van der Waals surface area contributed by atoms with Gasteiger partial charge < -0.3 is 10.4 Å². The zero-order valence-corrected chi connectivity index (χ0v) is 9.78. The molecule has 0 fully saturated rings. The van der Waals surface area contributed by atoms with Crippen LogP contribution in [0.15, 0.2) is 0 Å². The third-order valence-electron chi connectivity index (χ3n) is 2.21. The Morgan fingerprint density at radius 3 is 2.31 bits per heavy atom. The first-order chi connectivity index (χ1) is 7.47. The van der Waals surface area contributed by atoms with Crippen LogP contribution < -0.4 is 5.32 Å². The van der Waals surface area contributed by atoms with Crippen molar-refractivity contribution >= 4 is 17.7 Å². The molecule has 0 aromatic rings. The zero-order valence-electron chi connectivity index (χ0n) is 9.78. The molecule has 5 heteroatoms. The molecule has 0 aliphatic rings. The van der Waals surface area contributed by atoms with Crippen LogP contribution in [-0.2, 0) is 14.4 Å². The normalized spacial score (nSPS) is 11.9. The van der Waals surface area contributed by atoms with E-state index in [2.05, 4.69) is 5.32 Å². The Kier molecular flexibility index (Phi) is 7.16. The Hall–Kier alpha value is -1.39. The van der Waals surface area contributed by atoms with Gasteiger partial charge in [0, 0.05) is 6.42 Å². The van der Waals surface area contributed by atoms with Gasteiger partial charge in [0.25, 0.3) is 0 Å². The topological polar surface area (TPSA) is 83.5 Å². The van der Waals surface area contributed by atoms with Crippen molar-refractivity contribution in [2.24, 2.45) is 0 Å². The van der Waals surface area contributed by atoms with E-state index >= 15 is 0 Å². The summed E-state index contributed by atoms with van der Waals surface area (Å²) in [6.45, 7) is 3.31. The van der Waals surface area contributed by atoms with Gasteiger partial charge in [-0.3, -0.25) is 14.4 Å². The molecule has 0 rings (SSSR count). The van der Waals surface area contributed by atoms with E-state index in [0.717, 1.165) is 19.3 Å². The minimum Gasteiger partial charge on any atom is -0.481 e. The van der Waals surface area contributed by atoms with E-state index in [9.17, 15) is 14.4 Å². The quantitative estimate of drug-likeness (QED) is 0.611. The van der Waals surface area contributed by atoms with Crippen molar-refractivity contribution in [1.82, 2.24) is 5.32 Å². The van der Waals surface area contributed by atoms with Gasteiger partial charge in [-0.25, -0.2) is 0 Å². The fourth-order valence-electron chi connectivity index (χ4n) is 1.27. The largest absolute Gasteiger partial charge is 0.481 e. The highest BCUT2D eigenvalue weighted by molar-refractivity contribution is 5.90. The number of unbranched alkanes of at least 4 members (excludes halogenated alkanes) is 2. The van der Waals surface area contributed by atoms with Gasteiger partial charge in [-0.15, -0.1) is 0 Å². The lowest BCUT2D eigenvalue weighted by Gasteiger charge is -2.13. The summed E-state index contributed by atoms with van der Waals surface area (Å²) in [4.78, 5) is 32.9. The van der Waals surface area contributed by atoms with Crippen molar-refractivity contribution in [3.63, 3.8) is 0 Å². The van der Waals surface area contributed by atoms with Crippen molar-refractivity contribution in [2.75, 3.05) is 0 Å². The predicted octanol–water partition coefficient (Wildman–Crippen LogP) is 1.12. The highest BCUT2D eigenvalue weighted by Crippen LogP contribution is 2.01. The first-order valence-electron chi connectivity index (χ1n) is 5.49. The van der Waals surface area contributed by atoms with E-state index in [1.165, 1.54) is 6.92 Å². The lowest BCUT2D eigenvalue weighted by atomic mass is 10.1. The number of ketones is 1. The number of carboxylic acid groups (broad SMARTS) is 1. The van der Waals surface area contributed by atoms with Gasteiger partial charge in [-0.1, -0.05) is 19.8 Å². The number of nitrogens with one attached hydrogen (secondary N) is 1. The van der Waals surface area contributed by atoms with E-state index in [0.29, 0.717) is 6.42 Å². The molecule has 0 radical (unpaired) electrons. The fourth-order valence-corrected chi connectivity index (χ4v) is 1.27. The molecule has 0 aliphatic carbocycles. The van der Waals surface area contributed by atoms with Crippen molar-refractivity contribution < 1.29 is 19.5 Å². The molecule has 0 aliphatic heterocycles. The number of Topliss-reactive ketones (excluding diaryl/α,β-unsaturated/α-hetero) is 1. The highest BCUT2D eigenvalue weighted by atomic mass is 16.4. The third kappa shape index (κ3) is 6.98. The van der Waals surface area contributed by atoms with E-state index < -0.39 is 12.0 Å². The molecule has 1 amide bonds. The van der Waals surface area contributed by atoms with Crippen molar-refractivity contribution in [1.29, 1.82) is 0 Å². The maximum absolute atomic E-state index is 11.4. The molecule has 1 atom stereocenters. The van der Waals surface area contributed by atoms with Crippen molar-refractivity contribution in [3.05, 3.63) is 0 Å². The summed E-state index contributed by atoms with van der Waals surface area (Å²) >= 11 is 0. The number of amides is 1. The summed E-state index contributed by atoms with van der Waals surface area (Å²) in [7, 11) is 0. The summed E-state index contributed by atoms with van der Waals surface area (Å²) in [5.41, 5.74) is 0. The number of carboxylic acids is 1. The van der Waals surface area contributed by atoms with Crippen LogP contribution in [0.3, 0.4) is 0 Å². The summed E-state index contributed by atoms with van der Waals surface area (Å²) in [5.74, 6) is -1.67. The van der Waals surface area contributed by atoms with E-state index in [1.54, 1.807) is 0 Å². The number of hydrogen-bond acceptors (Lipinski definition) is 3. The summed E-state index contributed by atoms with van der Waals surface area (Å²) < 4.78 is 0. The Balaban J connectivity index is 4.03. The van der Waals surface area contributed by atoms with Crippen LogP contribution in [0.1, 0.15) is 46.0 Å². The number of hydrogen-bond donors (Lipinski definition) is 2. The van der Waals surface area contributed by atoms with Gasteiger partial charge in [0.1, 0.15) is 0 Å². The van der Waals surface area contributed by atoms with Crippen LogP contribution >= 0.6 is 0 Å². The Labute approximate surface area is 95.2 Å². The predicted molar refractivity (Wildman–Crippen MR) is 59.0 cm³/mol. The maximum Gasteiger partial charge on any atom is 0.305 e. The van der Waals surface area contributed by atoms with Crippen LogP contribution in [0.5, 0.6) is 0 Å². The molecule has 0 aromatic heterocycles. The Morgan fingerprint density at radius 1 is 1.25 bits per heavy atom. The van der Waals surface area contributed by atoms with Crippen LogP contribution in [0.25, 0.3) is 0 Å². The monoisotopic (exact) mass is 229 g/mol.